The van der Waals surface area contributed by atoms with Gasteiger partial charge in [-0.1, -0.05) is 6.92 Å². The van der Waals surface area contributed by atoms with Gasteiger partial charge in [0.2, 0.25) is 0 Å². The Bertz CT molecular complexity index is 26.9. The maximum atomic E-state index is 3.44. The van der Waals surface area contributed by atoms with Crippen LogP contribution in [0, 0.1) is 14.4 Å². The van der Waals surface area contributed by atoms with E-state index in [1.54, 1.807) is 0 Å². The van der Waals surface area contributed by atoms with E-state index in [0.717, 1.165) is 5.57 Å². The molecule has 43 valence electrons. The largest absolute Gasteiger partial charge is 0.358 e. The Labute approximate surface area is 56.1 Å². The van der Waals surface area contributed by atoms with E-state index in [1.165, 1.54) is 0 Å². The molecule has 0 fully saturated rings. The molecule has 0 N–H and O–H groups in total. The molecule has 0 saturated carbocycles. The summed E-state index contributed by atoms with van der Waals surface area (Å²) in [6.07, 6.45) is 0. The summed E-state index contributed by atoms with van der Waals surface area (Å²) in [6, 6.07) is 0. The van der Waals surface area contributed by atoms with Gasteiger partial charge in [0.25, 0.3) is 0 Å². The van der Waals surface area contributed by atoms with Gasteiger partial charge in [-0.25, -0.2) is 19.1 Å². The van der Waals surface area contributed by atoms with Crippen molar-refractivity contribution in [1.82, 2.24) is 0 Å². The van der Waals surface area contributed by atoms with E-state index < -0.39 is 0 Å². The van der Waals surface area contributed by atoms with Crippen molar-refractivity contribution in [2.24, 2.45) is 0 Å². The zero-order valence-corrected chi connectivity index (χ0v) is 6.38. The molecule has 0 rings (SSSR count). The average molecular weight is 267 g/mol. The fraction of sp³-hybridized carbons (Fsp3) is 0.200. The summed E-state index contributed by atoms with van der Waals surface area (Å²) >= 11 is 0. The van der Waals surface area contributed by atoms with E-state index in [1.807, 2.05) is 6.92 Å². The van der Waals surface area contributed by atoms with Crippen LogP contribution in [-0.2, 0) is 22.4 Å². The van der Waals surface area contributed by atoms with E-state index in [-0.39, 0.29) is 29.8 Å². The first-order valence-corrected chi connectivity index (χ1v) is 1.21. The Balaban J connectivity index is -0.0000000450. The zero-order chi connectivity index (χ0) is 3.58. The van der Waals surface area contributed by atoms with Gasteiger partial charge in [-0.3, -0.25) is 0 Å². The van der Waals surface area contributed by atoms with Crippen LogP contribution in [0.25, 0.3) is 0 Å². The van der Waals surface area contributed by atoms with Crippen molar-refractivity contribution >= 4 is 0 Å². The summed E-state index contributed by atoms with van der Waals surface area (Å²) in [4.78, 5) is 0. The number of allylic oxidation sites excluding steroid dienone is 1. The molecule has 0 aromatic heterocycles. The average Bonchev–Trinajstić information content (AvgIpc) is 0.811. The molecule has 1 radical (unpaired) electrons. The van der Waals surface area contributed by atoms with Crippen LogP contribution in [0.2, 0.25) is 0 Å². The number of hydrogen-bond donors (Lipinski definition) is 0. The van der Waals surface area contributed by atoms with Crippen LogP contribution in [0.1, 0.15) is 6.92 Å². The Hall–Kier alpha value is 0.350. The molecule has 0 aliphatic heterocycles. The quantitative estimate of drug-likeness (QED) is 0.464. The Morgan fingerprint density at radius 3 is 1.67 bits per heavy atom. The summed E-state index contributed by atoms with van der Waals surface area (Å²) in [7, 11) is 0. The van der Waals surface area contributed by atoms with E-state index in [0.29, 0.717) is 0 Å². The van der Waals surface area contributed by atoms with Crippen LogP contribution in [-0.4, -0.2) is 0 Å². The molecule has 0 nitrogen and oxygen atoms in total. The van der Waals surface area contributed by atoms with Crippen molar-refractivity contribution in [3.05, 3.63) is 26.5 Å². The van der Waals surface area contributed by atoms with E-state index in [4.69, 9.17) is 0 Å². The smallest absolute Gasteiger partial charge is 0 e. The molecule has 0 amide bonds. The summed E-state index contributed by atoms with van der Waals surface area (Å²) in [5, 5.41) is 0. The molecule has 0 bridgehead atoms. The molecular weight excluding hydrogens is 257 g/mol. The van der Waals surface area contributed by atoms with Crippen molar-refractivity contribution in [2.75, 3.05) is 0 Å². The van der Waals surface area contributed by atoms with Crippen molar-refractivity contribution in [3.8, 4) is 0 Å². The molecule has 0 aliphatic carbocycles. The number of rotatable bonds is 0. The molecule has 0 aliphatic rings. The van der Waals surface area contributed by atoms with Crippen molar-refractivity contribution in [1.29, 1.82) is 0 Å². The maximum absolute atomic E-state index is 3.44. The molecule has 6 heavy (non-hydrogen) atoms. The topological polar surface area (TPSA) is 0 Å². The van der Waals surface area contributed by atoms with Gasteiger partial charge in [0.1, 0.15) is 0 Å². The van der Waals surface area contributed by atoms with Gasteiger partial charge in [0.05, 0.1) is 0 Å². The SMILES string of the molecule is C=C([CH2-])C.[Au].[CH3-]. The van der Waals surface area contributed by atoms with Gasteiger partial charge in [0.15, 0.2) is 0 Å². The molecule has 0 saturated heterocycles. The second kappa shape index (κ2) is 9.02. The molecule has 0 unspecified atom stereocenters. The second-order valence-electron chi connectivity index (χ2n) is 0.957. The molecule has 0 spiro atoms. The molecule has 0 aromatic rings. The minimum Gasteiger partial charge on any atom is -0.358 e. The fourth-order valence-corrected chi connectivity index (χ4v) is 0. The standard InChI is InChI=1S/C4H7.CH3.Au/c1-4(2)3;;/h1-2H2,3H3;1H3;/q2*-1;. The second-order valence-corrected chi connectivity index (χ2v) is 0.957. The van der Waals surface area contributed by atoms with Gasteiger partial charge in [-0.05, 0) is 0 Å². The van der Waals surface area contributed by atoms with Crippen LogP contribution in [0.5, 0.6) is 0 Å². The van der Waals surface area contributed by atoms with Gasteiger partial charge in [-0.2, -0.15) is 0 Å². The Morgan fingerprint density at radius 1 is 1.67 bits per heavy atom. The first-order valence-electron chi connectivity index (χ1n) is 1.21. The first-order chi connectivity index (χ1) is 1.73. The van der Waals surface area contributed by atoms with Gasteiger partial charge >= 0.3 is 0 Å². The Kier molecular flexibility index (Phi) is 24.3. The van der Waals surface area contributed by atoms with Crippen LogP contribution in [0.15, 0.2) is 12.2 Å². The predicted octanol–water partition coefficient (Wildman–Crippen LogP) is 1.84. The van der Waals surface area contributed by atoms with E-state index in [2.05, 4.69) is 13.5 Å². The van der Waals surface area contributed by atoms with Crippen molar-refractivity contribution in [2.45, 2.75) is 6.92 Å². The first kappa shape index (κ1) is 16.2. The summed E-state index contributed by atoms with van der Waals surface area (Å²) in [6.45, 7) is 8.75. The minimum absolute atomic E-state index is 0. The van der Waals surface area contributed by atoms with E-state index in [9.17, 15) is 0 Å². The normalized spacial score (nSPS) is 4.17. The van der Waals surface area contributed by atoms with Gasteiger partial charge in [0, 0.05) is 22.4 Å². The molecule has 1 heteroatoms. The van der Waals surface area contributed by atoms with Gasteiger partial charge < -0.3 is 7.43 Å². The summed E-state index contributed by atoms with van der Waals surface area (Å²) in [5.41, 5.74) is 0.917. The number of hydrogen-bond acceptors (Lipinski definition) is 0. The van der Waals surface area contributed by atoms with E-state index >= 15 is 0 Å². The van der Waals surface area contributed by atoms with Crippen LogP contribution >= 0.6 is 0 Å². The third-order valence-corrected chi connectivity index (χ3v) is 0. The fourth-order valence-electron chi connectivity index (χ4n) is 0. The molecule has 0 heterocycles. The monoisotopic (exact) mass is 267 g/mol. The van der Waals surface area contributed by atoms with Crippen molar-refractivity contribution < 1.29 is 22.4 Å². The molecular formula is C5H10Au-2. The predicted molar refractivity (Wildman–Crippen MR) is 26.6 cm³/mol. The molecule has 0 aromatic carbocycles. The van der Waals surface area contributed by atoms with Gasteiger partial charge in [-0.15, -0.1) is 0 Å². The van der Waals surface area contributed by atoms with Crippen LogP contribution in [0.3, 0.4) is 0 Å². The van der Waals surface area contributed by atoms with Crippen molar-refractivity contribution in [3.63, 3.8) is 0 Å². The zero-order valence-electron chi connectivity index (χ0n) is 4.22. The van der Waals surface area contributed by atoms with Crippen LogP contribution < -0.4 is 0 Å². The third kappa shape index (κ3) is 398. The summed E-state index contributed by atoms with van der Waals surface area (Å²) < 4.78 is 0. The summed E-state index contributed by atoms with van der Waals surface area (Å²) in [5.74, 6) is 0. The third-order valence-electron chi connectivity index (χ3n) is 0. The maximum Gasteiger partial charge on any atom is 0 e. The molecule has 0 atom stereocenters. The minimum atomic E-state index is 0. The van der Waals surface area contributed by atoms with Crippen LogP contribution in [0.4, 0.5) is 0 Å². The Morgan fingerprint density at radius 2 is 1.67 bits per heavy atom.